The molecule has 0 spiro atoms. The van der Waals surface area contributed by atoms with Crippen molar-refractivity contribution in [3.05, 3.63) is 12.7 Å². The lowest BCUT2D eigenvalue weighted by molar-refractivity contribution is 0.623. The van der Waals surface area contributed by atoms with Gasteiger partial charge < -0.3 is 4.90 Å². The number of hydrogen-bond acceptors (Lipinski definition) is 1. The van der Waals surface area contributed by atoms with Gasteiger partial charge >= 0.3 is 0 Å². The fourth-order valence-corrected chi connectivity index (χ4v) is 0.551. The lowest BCUT2D eigenvalue weighted by atomic mass is 10.5. The van der Waals surface area contributed by atoms with Crippen LogP contribution in [-0.4, -0.2) is 31.4 Å². The van der Waals surface area contributed by atoms with Crippen LogP contribution in [0.2, 0.25) is 0 Å². The average molecular weight is 126 g/mol. The second kappa shape index (κ2) is 4.13. The van der Waals surface area contributed by atoms with Crippen LogP contribution in [0.1, 0.15) is 6.92 Å². The SMILES string of the molecule is C=CC(=NCC)N(C)C. The zero-order valence-corrected chi connectivity index (χ0v) is 6.39. The molecule has 0 bridgehead atoms. The highest BCUT2D eigenvalue weighted by atomic mass is 15.1. The highest BCUT2D eigenvalue weighted by Gasteiger charge is 1.90. The van der Waals surface area contributed by atoms with Crippen molar-refractivity contribution >= 4 is 5.84 Å². The van der Waals surface area contributed by atoms with Crippen molar-refractivity contribution in [3.8, 4) is 0 Å². The number of aliphatic imine (C=N–C) groups is 1. The summed E-state index contributed by atoms with van der Waals surface area (Å²) in [5.74, 6) is 0.942. The smallest absolute Gasteiger partial charge is 0.122 e. The van der Waals surface area contributed by atoms with Crippen LogP contribution in [0, 0.1) is 0 Å². The first kappa shape index (κ1) is 8.21. The Balaban J connectivity index is 3.97. The van der Waals surface area contributed by atoms with Gasteiger partial charge in [0.15, 0.2) is 0 Å². The van der Waals surface area contributed by atoms with E-state index in [1.807, 2.05) is 25.9 Å². The molecule has 0 amide bonds. The maximum absolute atomic E-state index is 4.17. The van der Waals surface area contributed by atoms with Gasteiger partial charge in [-0.2, -0.15) is 0 Å². The molecule has 0 saturated heterocycles. The monoisotopic (exact) mass is 126 g/mol. The zero-order chi connectivity index (χ0) is 7.28. The first-order chi connectivity index (χ1) is 4.22. The summed E-state index contributed by atoms with van der Waals surface area (Å²) >= 11 is 0. The maximum Gasteiger partial charge on any atom is 0.122 e. The van der Waals surface area contributed by atoms with Crippen molar-refractivity contribution in [2.24, 2.45) is 4.99 Å². The van der Waals surface area contributed by atoms with Crippen molar-refractivity contribution in [2.75, 3.05) is 20.6 Å². The molecule has 52 valence electrons. The summed E-state index contributed by atoms with van der Waals surface area (Å²) in [6.45, 7) is 6.45. The van der Waals surface area contributed by atoms with E-state index in [-0.39, 0.29) is 0 Å². The van der Waals surface area contributed by atoms with Crippen LogP contribution in [0.3, 0.4) is 0 Å². The fraction of sp³-hybridized carbons (Fsp3) is 0.571. The highest BCUT2D eigenvalue weighted by Crippen LogP contribution is 1.84. The number of amidine groups is 1. The maximum atomic E-state index is 4.17. The highest BCUT2D eigenvalue weighted by molar-refractivity contribution is 5.91. The summed E-state index contributed by atoms with van der Waals surface area (Å²) in [6.07, 6.45) is 1.75. The summed E-state index contributed by atoms with van der Waals surface area (Å²) in [6, 6.07) is 0. The van der Waals surface area contributed by atoms with Gasteiger partial charge in [0.1, 0.15) is 5.84 Å². The van der Waals surface area contributed by atoms with Gasteiger partial charge in [0.2, 0.25) is 0 Å². The molecule has 0 aliphatic carbocycles. The molecular formula is C7H14N2. The molecule has 0 heterocycles. The number of rotatable bonds is 2. The van der Waals surface area contributed by atoms with Crippen molar-refractivity contribution in [1.82, 2.24) is 4.90 Å². The normalized spacial score (nSPS) is 11.2. The van der Waals surface area contributed by atoms with E-state index in [0.29, 0.717) is 0 Å². The van der Waals surface area contributed by atoms with Crippen LogP contribution in [-0.2, 0) is 0 Å². The van der Waals surface area contributed by atoms with Gasteiger partial charge in [-0.15, -0.1) is 0 Å². The molecule has 0 fully saturated rings. The zero-order valence-electron chi connectivity index (χ0n) is 6.39. The Morgan fingerprint density at radius 1 is 1.67 bits per heavy atom. The van der Waals surface area contributed by atoms with Gasteiger partial charge in [-0.1, -0.05) is 6.58 Å². The molecule has 0 unspecified atom stereocenters. The second-order valence-electron chi connectivity index (χ2n) is 1.93. The molecule has 0 aliphatic rings. The molecule has 0 N–H and O–H groups in total. The lowest BCUT2D eigenvalue weighted by Crippen LogP contribution is -2.19. The van der Waals surface area contributed by atoms with E-state index >= 15 is 0 Å². The van der Waals surface area contributed by atoms with Crippen LogP contribution in [0.5, 0.6) is 0 Å². The number of nitrogens with zero attached hydrogens (tertiary/aromatic N) is 2. The third-order valence-corrected chi connectivity index (χ3v) is 0.961. The van der Waals surface area contributed by atoms with E-state index in [4.69, 9.17) is 0 Å². The minimum absolute atomic E-state index is 0.819. The Labute approximate surface area is 56.9 Å². The number of hydrogen-bond donors (Lipinski definition) is 0. The largest absolute Gasteiger partial charge is 0.363 e. The van der Waals surface area contributed by atoms with Crippen molar-refractivity contribution < 1.29 is 0 Å². The second-order valence-corrected chi connectivity index (χ2v) is 1.93. The molecule has 0 aromatic carbocycles. The van der Waals surface area contributed by atoms with Gasteiger partial charge in [-0.05, 0) is 13.0 Å². The predicted molar refractivity (Wildman–Crippen MR) is 41.9 cm³/mol. The molecular weight excluding hydrogens is 112 g/mol. The minimum Gasteiger partial charge on any atom is -0.363 e. The van der Waals surface area contributed by atoms with E-state index in [0.717, 1.165) is 12.4 Å². The summed E-state index contributed by atoms with van der Waals surface area (Å²) in [7, 11) is 3.91. The Kier molecular flexibility index (Phi) is 3.76. The Bertz CT molecular complexity index is 114. The standard InChI is InChI=1S/C7H14N2/c1-5-7(8-6-2)9(3)4/h5H,1,6H2,2-4H3. The first-order valence-corrected chi connectivity index (χ1v) is 3.06. The van der Waals surface area contributed by atoms with Crippen molar-refractivity contribution in [1.29, 1.82) is 0 Å². The minimum atomic E-state index is 0.819. The van der Waals surface area contributed by atoms with Gasteiger partial charge in [0, 0.05) is 20.6 Å². The fourth-order valence-electron chi connectivity index (χ4n) is 0.551. The van der Waals surface area contributed by atoms with Gasteiger partial charge in [0.25, 0.3) is 0 Å². The summed E-state index contributed by atoms with van der Waals surface area (Å²) in [5, 5.41) is 0. The lowest BCUT2D eigenvalue weighted by Gasteiger charge is -2.10. The summed E-state index contributed by atoms with van der Waals surface area (Å²) in [5.41, 5.74) is 0. The molecule has 0 aromatic rings. The van der Waals surface area contributed by atoms with Crippen LogP contribution in [0.15, 0.2) is 17.6 Å². The van der Waals surface area contributed by atoms with E-state index in [2.05, 4.69) is 11.6 Å². The van der Waals surface area contributed by atoms with Crippen LogP contribution in [0.25, 0.3) is 0 Å². The van der Waals surface area contributed by atoms with Gasteiger partial charge in [-0.3, -0.25) is 4.99 Å². The van der Waals surface area contributed by atoms with Crippen LogP contribution >= 0.6 is 0 Å². The van der Waals surface area contributed by atoms with Crippen molar-refractivity contribution in [3.63, 3.8) is 0 Å². The number of likely N-dealkylation sites (N-methyl/N-ethyl adjacent to an activating group) is 1. The third-order valence-electron chi connectivity index (χ3n) is 0.961. The quantitative estimate of drug-likeness (QED) is 0.400. The molecule has 0 atom stereocenters. The Morgan fingerprint density at radius 2 is 2.22 bits per heavy atom. The Hall–Kier alpha value is -0.790. The first-order valence-electron chi connectivity index (χ1n) is 3.06. The van der Waals surface area contributed by atoms with E-state index in [1.54, 1.807) is 6.08 Å². The predicted octanol–water partition coefficient (Wildman–Crippen LogP) is 1.15. The molecule has 0 aliphatic heterocycles. The van der Waals surface area contributed by atoms with E-state index in [1.165, 1.54) is 0 Å². The molecule has 0 saturated carbocycles. The molecule has 2 heteroatoms. The Morgan fingerprint density at radius 3 is 2.33 bits per heavy atom. The molecule has 0 rings (SSSR count). The molecule has 2 nitrogen and oxygen atoms in total. The summed E-state index contributed by atoms with van der Waals surface area (Å²) < 4.78 is 0. The summed E-state index contributed by atoms with van der Waals surface area (Å²) in [4.78, 5) is 6.11. The third kappa shape index (κ3) is 2.90. The molecule has 0 radical (unpaired) electrons. The van der Waals surface area contributed by atoms with Gasteiger partial charge in [0.05, 0.1) is 0 Å². The van der Waals surface area contributed by atoms with Crippen LogP contribution in [0.4, 0.5) is 0 Å². The van der Waals surface area contributed by atoms with Gasteiger partial charge in [-0.25, -0.2) is 0 Å². The van der Waals surface area contributed by atoms with Crippen LogP contribution < -0.4 is 0 Å². The molecule has 0 aromatic heterocycles. The molecule has 9 heavy (non-hydrogen) atoms. The average Bonchev–Trinajstić information content (AvgIpc) is 1.82. The van der Waals surface area contributed by atoms with E-state index < -0.39 is 0 Å². The topological polar surface area (TPSA) is 15.6 Å². The van der Waals surface area contributed by atoms with Crippen molar-refractivity contribution in [2.45, 2.75) is 6.92 Å². The van der Waals surface area contributed by atoms with E-state index in [9.17, 15) is 0 Å².